The molecule has 0 amide bonds. The zero-order valence-electron chi connectivity index (χ0n) is 7.38. The minimum Gasteiger partial charge on any atom is -0.275 e. The van der Waals surface area contributed by atoms with Crippen LogP contribution in [0, 0.1) is 5.92 Å². The second-order valence-corrected chi connectivity index (χ2v) is 8.89. The van der Waals surface area contributed by atoms with Gasteiger partial charge in [-0.15, -0.1) is 11.7 Å². The highest BCUT2D eigenvalue weighted by atomic mass is 33.1. The Balaban J connectivity index is 4.58. The summed E-state index contributed by atoms with van der Waals surface area (Å²) >= 11 is 4.13. The summed E-state index contributed by atoms with van der Waals surface area (Å²) in [5.41, 5.74) is 0. The quantitative estimate of drug-likeness (QED) is 0.493. The van der Waals surface area contributed by atoms with Gasteiger partial charge in [-0.05, 0) is 26.0 Å². The summed E-state index contributed by atoms with van der Waals surface area (Å²) in [7, 11) is -2.23. The van der Waals surface area contributed by atoms with Crippen LogP contribution in [0.4, 0.5) is 0 Å². The predicted molar refractivity (Wildman–Crippen MR) is 53.4 cm³/mol. The first-order valence-electron chi connectivity index (χ1n) is 3.50. The highest BCUT2D eigenvalue weighted by Gasteiger charge is 2.31. The molecule has 0 aromatic rings. The van der Waals surface area contributed by atoms with Gasteiger partial charge in [-0.1, -0.05) is 22.8 Å². The molecule has 0 atom stereocenters. The molecule has 0 unspecified atom stereocenters. The molecule has 0 rings (SSSR count). The molecule has 0 bridgehead atoms. The molecule has 0 saturated heterocycles. The molecule has 0 fully saturated rings. The molecule has 64 valence electrons. The van der Waals surface area contributed by atoms with E-state index >= 15 is 0 Å². The van der Waals surface area contributed by atoms with Crippen LogP contribution in [0.25, 0.3) is 0 Å². The Morgan fingerprint density at radius 2 is 1.70 bits per heavy atom. The fourth-order valence-corrected chi connectivity index (χ4v) is 2.13. The Hall–Kier alpha value is 0.500. The molecule has 0 aliphatic heterocycles. The maximum atomic E-state index is 11.5. The summed E-state index contributed by atoms with van der Waals surface area (Å²) in [5, 5.41) is 0. The second-order valence-electron chi connectivity index (χ2n) is 3.69. The number of hydrogen-bond acceptors (Lipinski definition) is 1. The Bertz CT molecular complexity index is 155. The van der Waals surface area contributed by atoms with Crippen LogP contribution in [0.15, 0.2) is 0 Å². The lowest BCUT2D eigenvalue weighted by Gasteiger charge is -2.36. The van der Waals surface area contributed by atoms with Crippen molar-refractivity contribution in [2.24, 2.45) is 5.92 Å². The zero-order chi connectivity index (χ0) is 8.58. The molecular formula is C7H18OS2. The van der Waals surface area contributed by atoms with Gasteiger partial charge < -0.3 is 0 Å². The van der Waals surface area contributed by atoms with E-state index in [1.807, 2.05) is 13.8 Å². The van der Waals surface area contributed by atoms with Gasteiger partial charge in [-0.25, -0.2) is 0 Å². The van der Waals surface area contributed by atoms with E-state index in [0.29, 0.717) is 5.92 Å². The monoisotopic (exact) mass is 182 g/mol. The van der Waals surface area contributed by atoms with Gasteiger partial charge in [0.2, 0.25) is 0 Å². The van der Waals surface area contributed by atoms with Gasteiger partial charge in [0.15, 0.2) is 0 Å². The van der Waals surface area contributed by atoms with Gasteiger partial charge in [0.05, 0.1) is 0 Å². The van der Waals surface area contributed by atoms with Gasteiger partial charge in [0.1, 0.15) is 0 Å². The normalized spacial score (nSPS) is 15.9. The Labute approximate surface area is 69.8 Å². The number of thiol groups is 2. The van der Waals surface area contributed by atoms with Crippen molar-refractivity contribution in [3.63, 3.8) is 0 Å². The van der Waals surface area contributed by atoms with Crippen LogP contribution in [0.5, 0.6) is 0 Å². The lowest BCUT2D eigenvalue weighted by atomic mass is 10.00. The molecule has 0 aliphatic rings. The molecule has 0 aliphatic carbocycles. The summed E-state index contributed by atoms with van der Waals surface area (Å²) in [6.07, 6.45) is 1.73. The van der Waals surface area contributed by atoms with Crippen LogP contribution in [0.1, 0.15) is 27.7 Å². The molecule has 0 radical (unpaired) electrons. The van der Waals surface area contributed by atoms with Crippen molar-refractivity contribution in [2.45, 2.75) is 32.4 Å². The van der Waals surface area contributed by atoms with Gasteiger partial charge in [-0.2, -0.15) is 0 Å². The fourth-order valence-electron chi connectivity index (χ4n) is 0.479. The number of hydrogen-bond donors (Lipinski definition) is 2. The van der Waals surface area contributed by atoms with Crippen molar-refractivity contribution in [3.05, 3.63) is 0 Å². The fraction of sp³-hybridized carbons (Fsp3) is 1.00. The third-order valence-electron chi connectivity index (χ3n) is 2.48. The van der Waals surface area contributed by atoms with Crippen LogP contribution in [-0.4, -0.2) is 15.2 Å². The smallest absolute Gasteiger partial charge is 0.0284 e. The summed E-state index contributed by atoms with van der Waals surface area (Å²) in [5.74, 6) is 0.417. The molecule has 0 heterocycles. The van der Waals surface area contributed by atoms with Crippen molar-refractivity contribution in [2.75, 3.05) is 6.26 Å². The number of rotatable bonds is 2. The third-order valence-corrected chi connectivity index (χ3v) is 6.68. The first kappa shape index (κ1) is 10.5. The molecule has 0 saturated carbocycles. The van der Waals surface area contributed by atoms with Crippen molar-refractivity contribution < 1.29 is 4.21 Å². The van der Waals surface area contributed by atoms with E-state index < -0.39 is 8.96 Å². The molecule has 3 heteroatoms. The zero-order valence-corrected chi connectivity index (χ0v) is 9.17. The molecule has 0 aromatic carbocycles. The SMILES string of the molecule is CC(C)C(C)(C)[SH](C)(=O)S. The van der Waals surface area contributed by atoms with Gasteiger partial charge in [-0.3, -0.25) is 4.21 Å². The Morgan fingerprint density at radius 3 is 1.70 bits per heavy atom. The maximum Gasteiger partial charge on any atom is 0.0284 e. The van der Waals surface area contributed by atoms with E-state index in [4.69, 9.17) is 0 Å². The predicted octanol–water partition coefficient (Wildman–Crippen LogP) is 1.91. The highest BCUT2D eigenvalue weighted by Crippen LogP contribution is 2.32. The molecule has 0 N–H and O–H groups in total. The first-order valence-corrected chi connectivity index (χ1v) is 6.80. The van der Waals surface area contributed by atoms with Crippen LogP contribution in [0.3, 0.4) is 0 Å². The first-order chi connectivity index (χ1) is 4.19. The summed E-state index contributed by atoms with van der Waals surface area (Å²) in [6, 6.07) is 0. The van der Waals surface area contributed by atoms with Gasteiger partial charge in [0, 0.05) is 4.75 Å². The van der Waals surface area contributed by atoms with E-state index in [1.54, 1.807) is 6.26 Å². The Kier molecular flexibility index (Phi) is 3.00. The Morgan fingerprint density at radius 1 is 1.40 bits per heavy atom. The summed E-state index contributed by atoms with van der Waals surface area (Å²) < 4.78 is 11.4. The highest BCUT2D eigenvalue weighted by molar-refractivity contribution is 8.69. The topological polar surface area (TPSA) is 17.1 Å². The molecule has 10 heavy (non-hydrogen) atoms. The summed E-state index contributed by atoms with van der Waals surface area (Å²) in [6.45, 7) is 8.16. The molecule has 1 nitrogen and oxygen atoms in total. The van der Waals surface area contributed by atoms with E-state index in [-0.39, 0.29) is 4.75 Å². The molecule has 0 spiro atoms. The van der Waals surface area contributed by atoms with Crippen molar-refractivity contribution in [1.82, 2.24) is 0 Å². The summed E-state index contributed by atoms with van der Waals surface area (Å²) in [4.78, 5) is 0. The minimum absolute atomic E-state index is 0.143. The van der Waals surface area contributed by atoms with E-state index in [2.05, 4.69) is 25.5 Å². The standard InChI is InChI=1S/C7H18OS2/c1-6(2)7(3,4)10(5,8)9/h6,10H,1-5H3,(H,8,9). The average Bonchev–Trinajstić information content (AvgIpc) is 1.62. The van der Waals surface area contributed by atoms with Crippen LogP contribution < -0.4 is 0 Å². The second kappa shape index (κ2) is 2.86. The van der Waals surface area contributed by atoms with Crippen LogP contribution >= 0.6 is 11.7 Å². The maximum absolute atomic E-state index is 11.5. The largest absolute Gasteiger partial charge is 0.275 e. The lowest BCUT2D eigenvalue weighted by molar-refractivity contribution is 0.484. The van der Waals surface area contributed by atoms with Gasteiger partial charge >= 0.3 is 0 Å². The average molecular weight is 182 g/mol. The molecular weight excluding hydrogens is 164 g/mol. The van der Waals surface area contributed by atoms with Crippen molar-refractivity contribution in [1.29, 1.82) is 0 Å². The van der Waals surface area contributed by atoms with Crippen LogP contribution in [0.2, 0.25) is 0 Å². The molecule has 0 aromatic heterocycles. The minimum atomic E-state index is -2.23. The van der Waals surface area contributed by atoms with E-state index in [0.717, 1.165) is 0 Å². The van der Waals surface area contributed by atoms with Crippen molar-refractivity contribution >= 4 is 20.6 Å². The lowest BCUT2D eigenvalue weighted by Crippen LogP contribution is -2.38. The third kappa shape index (κ3) is 1.99. The van der Waals surface area contributed by atoms with Crippen LogP contribution in [-0.2, 0) is 8.96 Å². The van der Waals surface area contributed by atoms with Crippen molar-refractivity contribution in [3.8, 4) is 0 Å². The van der Waals surface area contributed by atoms with Gasteiger partial charge in [0.25, 0.3) is 0 Å². The van der Waals surface area contributed by atoms with E-state index in [9.17, 15) is 4.21 Å². The van der Waals surface area contributed by atoms with E-state index in [1.165, 1.54) is 0 Å².